The Morgan fingerprint density at radius 3 is 2.56 bits per heavy atom. The molecule has 8 nitrogen and oxygen atoms in total. The third kappa shape index (κ3) is 5.97. The lowest BCUT2D eigenvalue weighted by atomic mass is 9.78. The van der Waals surface area contributed by atoms with Gasteiger partial charge in [-0.2, -0.15) is 4.98 Å². The maximum atomic E-state index is 12.2. The summed E-state index contributed by atoms with van der Waals surface area (Å²) in [5.41, 5.74) is 2.07. The van der Waals surface area contributed by atoms with Gasteiger partial charge in [-0.05, 0) is 75.6 Å². The molecular formula is C26H35N5O3. The molecule has 2 aliphatic carbocycles. The molecule has 3 fully saturated rings. The van der Waals surface area contributed by atoms with Gasteiger partial charge in [-0.15, -0.1) is 0 Å². The molecule has 2 N–H and O–H groups in total. The second kappa shape index (κ2) is 10.2. The van der Waals surface area contributed by atoms with E-state index >= 15 is 0 Å². The maximum absolute atomic E-state index is 12.2. The van der Waals surface area contributed by atoms with Gasteiger partial charge in [0.05, 0.1) is 19.8 Å². The summed E-state index contributed by atoms with van der Waals surface area (Å²) in [6.45, 7) is 6.21. The minimum Gasteiger partial charge on any atom is -0.477 e. The molecule has 5 rings (SSSR count). The largest absolute Gasteiger partial charge is 0.477 e. The number of amides is 1. The molecule has 0 bridgehead atoms. The summed E-state index contributed by atoms with van der Waals surface area (Å²) in [5.74, 6) is 2.09. The highest BCUT2D eigenvalue weighted by Crippen LogP contribution is 2.35. The molecule has 1 aliphatic heterocycles. The van der Waals surface area contributed by atoms with E-state index in [1.165, 1.54) is 5.69 Å². The van der Waals surface area contributed by atoms with Gasteiger partial charge in [0.15, 0.2) is 0 Å². The molecule has 0 radical (unpaired) electrons. The molecule has 0 unspecified atom stereocenters. The number of hydrogen-bond donors (Lipinski definition) is 2. The van der Waals surface area contributed by atoms with Crippen molar-refractivity contribution in [3.63, 3.8) is 0 Å². The number of nitrogens with zero attached hydrogens (tertiary/aromatic N) is 3. The van der Waals surface area contributed by atoms with Crippen molar-refractivity contribution < 1.29 is 14.3 Å². The standard InChI is InChI=1S/C26H35N5O3/c1-26(30-24(32)20-2-3-20)11-8-19(9-12-26)18-34-23-10-13-27-25(29-23)28-21-4-6-22(7-5-21)31-14-16-33-17-15-31/h4-7,10,13,19-20H,2-3,8-9,11-12,14-18H2,1H3,(H,30,32)(H,27,28,29). The fraction of sp³-hybridized carbons (Fsp3) is 0.577. The van der Waals surface area contributed by atoms with Crippen LogP contribution in [-0.4, -0.2) is 54.3 Å². The number of carbonyl (C=O) groups is 1. The lowest BCUT2D eigenvalue weighted by Gasteiger charge is -2.38. The molecule has 2 saturated carbocycles. The van der Waals surface area contributed by atoms with E-state index < -0.39 is 0 Å². The lowest BCUT2D eigenvalue weighted by molar-refractivity contribution is -0.124. The van der Waals surface area contributed by atoms with Crippen LogP contribution in [0.1, 0.15) is 45.4 Å². The fourth-order valence-electron chi connectivity index (χ4n) is 4.74. The average molecular weight is 466 g/mol. The Kier molecular flexibility index (Phi) is 6.85. The normalized spacial score (nSPS) is 25.0. The highest BCUT2D eigenvalue weighted by atomic mass is 16.5. The Balaban J connectivity index is 1.09. The van der Waals surface area contributed by atoms with Gasteiger partial charge in [-0.1, -0.05) is 0 Å². The van der Waals surface area contributed by atoms with Crippen LogP contribution in [0.15, 0.2) is 36.5 Å². The molecular weight excluding hydrogens is 430 g/mol. The molecule has 1 amide bonds. The van der Waals surface area contributed by atoms with Crippen LogP contribution in [0.5, 0.6) is 5.88 Å². The minimum atomic E-state index is -0.0699. The van der Waals surface area contributed by atoms with E-state index in [4.69, 9.17) is 9.47 Å². The smallest absolute Gasteiger partial charge is 0.230 e. The van der Waals surface area contributed by atoms with Gasteiger partial charge < -0.3 is 25.0 Å². The molecule has 1 saturated heterocycles. The van der Waals surface area contributed by atoms with Crippen molar-refractivity contribution >= 4 is 23.2 Å². The Bertz CT molecular complexity index is 965. The van der Waals surface area contributed by atoms with E-state index in [2.05, 4.69) is 44.6 Å². The Labute approximate surface area is 201 Å². The second-order valence-electron chi connectivity index (χ2n) is 10.1. The van der Waals surface area contributed by atoms with Crippen molar-refractivity contribution in [3.05, 3.63) is 36.5 Å². The van der Waals surface area contributed by atoms with E-state index in [0.29, 0.717) is 24.4 Å². The van der Waals surface area contributed by atoms with Crippen molar-refractivity contribution in [1.82, 2.24) is 15.3 Å². The molecule has 2 heterocycles. The van der Waals surface area contributed by atoms with Crippen molar-refractivity contribution in [2.45, 2.75) is 51.0 Å². The average Bonchev–Trinajstić information content (AvgIpc) is 3.71. The second-order valence-corrected chi connectivity index (χ2v) is 10.1. The van der Waals surface area contributed by atoms with Crippen LogP contribution in [0, 0.1) is 11.8 Å². The van der Waals surface area contributed by atoms with Crippen molar-refractivity contribution in [2.24, 2.45) is 11.8 Å². The third-order valence-corrected chi connectivity index (χ3v) is 7.18. The Morgan fingerprint density at radius 2 is 1.85 bits per heavy atom. The lowest BCUT2D eigenvalue weighted by Crippen LogP contribution is -2.49. The highest BCUT2D eigenvalue weighted by Gasteiger charge is 2.37. The molecule has 8 heteroatoms. The predicted octanol–water partition coefficient (Wildman–Crippen LogP) is 3.91. The topological polar surface area (TPSA) is 88.6 Å². The molecule has 2 aromatic rings. The number of benzene rings is 1. The molecule has 0 spiro atoms. The summed E-state index contributed by atoms with van der Waals surface area (Å²) in [6, 6.07) is 10.1. The van der Waals surface area contributed by atoms with E-state index in [9.17, 15) is 4.79 Å². The summed E-state index contributed by atoms with van der Waals surface area (Å²) < 4.78 is 11.5. The van der Waals surface area contributed by atoms with E-state index in [1.54, 1.807) is 12.3 Å². The van der Waals surface area contributed by atoms with Crippen molar-refractivity contribution in [2.75, 3.05) is 43.1 Å². The first-order valence-corrected chi connectivity index (χ1v) is 12.5. The van der Waals surface area contributed by atoms with E-state index in [1.807, 2.05) is 12.1 Å². The number of aromatic nitrogens is 2. The molecule has 0 atom stereocenters. The number of hydrogen-bond acceptors (Lipinski definition) is 7. The van der Waals surface area contributed by atoms with Crippen molar-refractivity contribution in [1.29, 1.82) is 0 Å². The Hall–Kier alpha value is -2.87. The van der Waals surface area contributed by atoms with Gasteiger partial charge in [0.1, 0.15) is 0 Å². The van der Waals surface area contributed by atoms with Gasteiger partial charge in [0, 0.05) is 48.2 Å². The predicted molar refractivity (Wildman–Crippen MR) is 132 cm³/mol. The quantitative estimate of drug-likeness (QED) is 0.611. The minimum absolute atomic E-state index is 0.0699. The monoisotopic (exact) mass is 465 g/mol. The summed E-state index contributed by atoms with van der Waals surface area (Å²) in [4.78, 5) is 23.4. The van der Waals surface area contributed by atoms with Crippen LogP contribution in [0.2, 0.25) is 0 Å². The SMILES string of the molecule is CC1(NC(=O)C2CC2)CCC(COc2ccnc(Nc3ccc(N4CCOCC4)cc3)n2)CC1. The number of morpholine rings is 1. The summed E-state index contributed by atoms with van der Waals surface area (Å²) in [6.07, 6.45) is 7.91. The van der Waals surface area contributed by atoms with Gasteiger partial charge in [0.25, 0.3) is 0 Å². The first-order chi connectivity index (χ1) is 16.6. The van der Waals surface area contributed by atoms with Crippen LogP contribution in [-0.2, 0) is 9.53 Å². The van der Waals surface area contributed by atoms with Crippen LogP contribution < -0.4 is 20.3 Å². The van der Waals surface area contributed by atoms with E-state index in [-0.39, 0.29) is 17.4 Å². The van der Waals surface area contributed by atoms with Gasteiger partial charge in [-0.3, -0.25) is 4.79 Å². The summed E-state index contributed by atoms with van der Waals surface area (Å²) in [7, 11) is 0. The van der Waals surface area contributed by atoms with Crippen LogP contribution in [0.3, 0.4) is 0 Å². The van der Waals surface area contributed by atoms with Crippen LogP contribution in [0.4, 0.5) is 17.3 Å². The van der Waals surface area contributed by atoms with Crippen LogP contribution in [0.25, 0.3) is 0 Å². The highest BCUT2D eigenvalue weighted by molar-refractivity contribution is 5.81. The first kappa shape index (κ1) is 22.9. The van der Waals surface area contributed by atoms with E-state index in [0.717, 1.165) is 70.5 Å². The fourth-order valence-corrected chi connectivity index (χ4v) is 4.74. The molecule has 1 aromatic heterocycles. The van der Waals surface area contributed by atoms with Gasteiger partial charge in [0.2, 0.25) is 17.7 Å². The summed E-state index contributed by atoms with van der Waals surface area (Å²) in [5, 5.41) is 6.56. The van der Waals surface area contributed by atoms with Crippen LogP contribution >= 0.6 is 0 Å². The molecule has 1 aromatic carbocycles. The molecule has 3 aliphatic rings. The first-order valence-electron chi connectivity index (χ1n) is 12.5. The number of carbonyl (C=O) groups excluding carboxylic acids is 1. The number of nitrogens with one attached hydrogen (secondary N) is 2. The zero-order chi connectivity index (χ0) is 23.4. The number of rotatable bonds is 8. The van der Waals surface area contributed by atoms with Gasteiger partial charge >= 0.3 is 0 Å². The zero-order valence-corrected chi connectivity index (χ0v) is 20.0. The third-order valence-electron chi connectivity index (χ3n) is 7.18. The number of ether oxygens (including phenoxy) is 2. The van der Waals surface area contributed by atoms with Gasteiger partial charge in [-0.25, -0.2) is 4.98 Å². The maximum Gasteiger partial charge on any atom is 0.230 e. The number of anilines is 3. The Morgan fingerprint density at radius 1 is 1.12 bits per heavy atom. The zero-order valence-electron chi connectivity index (χ0n) is 20.0. The molecule has 182 valence electrons. The molecule has 34 heavy (non-hydrogen) atoms. The van der Waals surface area contributed by atoms with Crippen molar-refractivity contribution in [3.8, 4) is 5.88 Å². The summed E-state index contributed by atoms with van der Waals surface area (Å²) >= 11 is 0.